The molecule has 1 fully saturated rings. The molecule has 2 nitrogen and oxygen atoms in total. The number of benzene rings is 2. The zero-order valence-electron chi connectivity index (χ0n) is 11.9. The summed E-state index contributed by atoms with van der Waals surface area (Å²) in [7, 11) is 1.91. The molecule has 0 heterocycles. The second-order valence-corrected chi connectivity index (χ2v) is 5.88. The molecule has 1 aliphatic carbocycles. The van der Waals surface area contributed by atoms with Crippen LogP contribution in [-0.2, 0) is 6.54 Å². The zero-order chi connectivity index (χ0) is 14.8. The van der Waals surface area contributed by atoms with Gasteiger partial charge in [-0.1, -0.05) is 23.7 Å². The Morgan fingerprint density at radius 2 is 1.95 bits per heavy atom. The summed E-state index contributed by atoms with van der Waals surface area (Å²) >= 11 is 6.36. The molecule has 0 aromatic heterocycles. The molecule has 2 aromatic rings. The minimum Gasteiger partial charge on any atom is -0.344 e. The summed E-state index contributed by atoms with van der Waals surface area (Å²) in [6, 6.07) is 13.2. The topological polar surface area (TPSA) is 15.3 Å². The third kappa shape index (κ3) is 3.55. The molecule has 1 N–H and O–H groups in total. The van der Waals surface area contributed by atoms with Gasteiger partial charge in [-0.15, -0.1) is 0 Å². The van der Waals surface area contributed by atoms with E-state index in [1.54, 1.807) is 6.07 Å². The van der Waals surface area contributed by atoms with Crippen molar-refractivity contribution in [2.75, 3.05) is 11.9 Å². The summed E-state index contributed by atoms with van der Waals surface area (Å²) in [6.07, 6.45) is 2.52. The van der Waals surface area contributed by atoms with E-state index in [0.717, 1.165) is 28.5 Å². The summed E-state index contributed by atoms with van der Waals surface area (Å²) in [5.74, 6) is -0.240. The van der Waals surface area contributed by atoms with E-state index in [4.69, 9.17) is 11.6 Å². The number of anilines is 2. The Balaban J connectivity index is 1.76. The van der Waals surface area contributed by atoms with Gasteiger partial charge in [-0.25, -0.2) is 4.39 Å². The van der Waals surface area contributed by atoms with E-state index < -0.39 is 0 Å². The Labute approximate surface area is 129 Å². The number of halogens is 2. The van der Waals surface area contributed by atoms with Crippen LogP contribution in [0.1, 0.15) is 18.4 Å². The smallest absolute Gasteiger partial charge is 0.125 e. The van der Waals surface area contributed by atoms with Crippen LogP contribution in [0.4, 0.5) is 15.8 Å². The Kier molecular flexibility index (Phi) is 4.13. The van der Waals surface area contributed by atoms with E-state index in [1.165, 1.54) is 25.0 Å². The Morgan fingerprint density at radius 3 is 2.62 bits per heavy atom. The maximum Gasteiger partial charge on any atom is 0.125 e. The van der Waals surface area contributed by atoms with E-state index in [0.29, 0.717) is 6.04 Å². The van der Waals surface area contributed by atoms with Gasteiger partial charge in [0, 0.05) is 36.0 Å². The van der Waals surface area contributed by atoms with Gasteiger partial charge in [0.05, 0.1) is 0 Å². The van der Waals surface area contributed by atoms with Crippen molar-refractivity contribution < 1.29 is 4.39 Å². The fourth-order valence-electron chi connectivity index (χ4n) is 2.26. The van der Waals surface area contributed by atoms with Crippen LogP contribution in [0.15, 0.2) is 42.5 Å². The quantitative estimate of drug-likeness (QED) is 0.875. The summed E-state index contributed by atoms with van der Waals surface area (Å²) in [5.41, 5.74) is 2.84. The van der Waals surface area contributed by atoms with E-state index in [-0.39, 0.29) is 5.82 Å². The molecule has 0 saturated heterocycles. The number of rotatable bonds is 5. The highest BCUT2D eigenvalue weighted by Crippen LogP contribution is 2.29. The normalized spacial score (nSPS) is 14.2. The first kappa shape index (κ1) is 14.4. The van der Waals surface area contributed by atoms with Gasteiger partial charge in [-0.3, -0.25) is 0 Å². The Bertz CT molecular complexity index is 640. The van der Waals surface area contributed by atoms with E-state index in [1.807, 2.05) is 36.2 Å². The van der Waals surface area contributed by atoms with Crippen LogP contribution in [0.5, 0.6) is 0 Å². The van der Waals surface area contributed by atoms with Gasteiger partial charge >= 0.3 is 0 Å². The van der Waals surface area contributed by atoms with Gasteiger partial charge < -0.3 is 10.2 Å². The summed E-state index contributed by atoms with van der Waals surface area (Å²) in [6.45, 7) is 0.799. The second-order valence-electron chi connectivity index (χ2n) is 5.47. The lowest BCUT2D eigenvalue weighted by atomic mass is 10.1. The molecule has 0 unspecified atom stereocenters. The SMILES string of the molecule is CN(c1cccc(F)c1)c1ccc(CNC2CC2)c(Cl)c1. The molecule has 0 bridgehead atoms. The van der Waals surface area contributed by atoms with Gasteiger partial charge in [0.15, 0.2) is 0 Å². The van der Waals surface area contributed by atoms with Gasteiger partial charge in [0.25, 0.3) is 0 Å². The molecular weight excluding hydrogens is 287 g/mol. The van der Waals surface area contributed by atoms with Crippen LogP contribution in [0.25, 0.3) is 0 Å². The van der Waals surface area contributed by atoms with Crippen molar-refractivity contribution in [1.29, 1.82) is 0 Å². The standard InChI is InChI=1S/C17H18ClFN2/c1-21(15-4-2-3-13(19)9-15)16-8-5-12(17(18)10-16)11-20-14-6-7-14/h2-5,8-10,14,20H,6-7,11H2,1H3. The number of nitrogens with one attached hydrogen (secondary N) is 1. The van der Waals surface area contributed by atoms with Gasteiger partial charge in [-0.2, -0.15) is 0 Å². The molecule has 21 heavy (non-hydrogen) atoms. The van der Waals surface area contributed by atoms with E-state index >= 15 is 0 Å². The highest BCUT2D eigenvalue weighted by Gasteiger charge is 2.20. The maximum atomic E-state index is 13.3. The van der Waals surface area contributed by atoms with Crippen LogP contribution in [-0.4, -0.2) is 13.1 Å². The molecule has 0 atom stereocenters. The molecule has 0 amide bonds. The molecule has 3 rings (SSSR count). The fraction of sp³-hybridized carbons (Fsp3) is 0.294. The third-order valence-electron chi connectivity index (χ3n) is 3.78. The van der Waals surface area contributed by atoms with Crippen LogP contribution < -0.4 is 10.2 Å². The molecule has 2 aromatic carbocycles. The summed E-state index contributed by atoms with van der Waals surface area (Å²) < 4.78 is 13.3. The molecule has 0 radical (unpaired) electrons. The van der Waals surface area contributed by atoms with Crippen molar-refractivity contribution in [3.05, 3.63) is 58.9 Å². The van der Waals surface area contributed by atoms with Crippen molar-refractivity contribution in [2.24, 2.45) is 0 Å². The van der Waals surface area contributed by atoms with Crippen molar-refractivity contribution in [1.82, 2.24) is 5.32 Å². The number of nitrogens with zero attached hydrogens (tertiary/aromatic N) is 1. The van der Waals surface area contributed by atoms with Crippen molar-refractivity contribution in [2.45, 2.75) is 25.4 Å². The Hall–Kier alpha value is -1.58. The van der Waals surface area contributed by atoms with Crippen molar-refractivity contribution in [3.63, 3.8) is 0 Å². The molecule has 1 aliphatic rings. The van der Waals surface area contributed by atoms with E-state index in [2.05, 4.69) is 5.32 Å². The zero-order valence-corrected chi connectivity index (χ0v) is 12.7. The van der Waals surface area contributed by atoms with E-state index in [9.17, 15) is 4.39 Å². The van der Waals surface area contributed by atoms with Gasteiger partial charge in [0.1, 0.15) is 5.82 Å². The van der Waals surface area contributed by atoms with Crippen LogP contribution >= 0.6 is 11.6 Å². The predicted molar refractivity (Wildman–Crippen MR) is 85.8 cm³/mol. The summed E-state index contributed by atoms with van der Waals surface area (Å²) in [5, 5.41) is 4.19. The monoisotopic (exact) mass is 304 g/mol. The molecule has 0 spiro atoms. The lowest BCUT2D eigenvalue weighted by Gasteiger charge is -2.20. The lowest BCUT2D eigenvalue weighted by molar-refractivity contribution is 0.628. The molecule has 0 aliphatic heterocycles. The molecule has 4 heteroatoms. The van der Waals surface area contributed by atoms with Crippen molar-refractivity contribution >= 4 is 23.0 Å². The van der Waals surface area contributed by atoms with Crippen LogP contribution in [0, 0.1) is 5.82 Å². The average molecular weight is 305 g/mol. The van der Waals surface area contributed by atoms with Crippen LogP contribution in [0.3, 0.4) is 0 Å². The molecule has 1 saturated carbocycles. The number of hydrogen-bond acceptors (Lipinski definition) is 2. The van der Waals surface area contributed by atoms with Gasteiger partial charge in [0.2, 0.25) is 0 Å². The first-order valence-electron chi connectivity index (χ1n) is 7.14. The highest BCUT2D eigenvalue weighted by molar-refractivity contribution is 6.31. The van der Waals surface area contributed by atoms with Crippen LogP contribution in [0.2, 0.25) is 5.02 Å². The lowest BCUT2D eigenvalue weighted by Crippen LogP contribution is -2.16. The largest absolute Gasteiger partial charge is 0.344 e. The fourth-order valence-corrected chi connectivity index (χ4v) is 2.51. The molecule has 110 valence electrons. The van der Waals surface area contributed by atoms with Gasteiger partial charge in [-0.05, 0) is 48.7 Å². The summed E-state index contributed by atoms with van der Waals surface area (Å²) in [4.78, 5) is 1.92. The number of hydrogen-bond donors (Lipinski definition) is 1. The highest BCUT2D eigenvalue weighted by atomic mass is 35.5. The molecular formula is C17H18ClFN2. The average Bonchev–Trinajstić information content (AvgIpc) is 3.29. The minimum atomic E-state index is -0.240. The Morgan fingerprint density at radius 1 is 1.19 bits per heavy atom. The first-order valence-corrected chi connectivity index (χ1v) is 7.52. The predicted octanol–water partition coefficient (Wildman–Crippen LogP) is 4.50. The van der Waals surface area contributed by atoms with Crippen molar-refractivity contribution in [3.8, 4) is 0 Å². The minimum absolute atomic E-state index is 0.240. The third-order valence-corrected chi connectivity index (χ3v) is 4.13. The maximum absolute atomic E-state index is 13.3. The first-order chi connectivity index (χ1) is 10.1. The second kappa shape index (κ2) is 6.04.